The van der Waals surface area contributed by atoms with Crippen molar-refractivity contribution >= 4 is 9.04 Å². The fourth-order valence-electron chi connectivity index (χ4n) is 0.848. The fourth-order valence-corrected chi connectivity index (χ4v) is 1.49. The fraction of sp³-hybridized carbons (Fsp3) is 1.00. The third-order valence-corrected chi connectivity index (χ3v) is 2.35. The van der Waals surface area contributed by atoms with Crippen molar-refractivity contribution in [3.8, 4) is 0 Å². The van der Waals surface area contributed by atoms with E-state index >= 15 is 0 Å². The molecule has 0 aliphatic rings. The lowest BCUT2D eigenvalue weighted by atomic mass is 10.2. The van der Waals surface area contributed by atoms with Crippen LogP contribution in [0.5, 0.6) is 0 Å². The van der Waals surface area contributed by atoms with Crippen LogP contribution in [0, 0.1) is 0 Å². The van der Waals surface area contributed by atoms with Crippen molar-refractivity contribution in [2.45, 2.75) is 53.1 Å². The number of unbranched alkanes of at least 4 members (excludes halogenated alkanes) is 3. The summed E-state index contributed by atoms with van der Waals surface area (Å²) < 4.78 is 5.53. The highest BCUT2D eigenvalue weighted by Gasteiger charge is 1.93. The van der Waals surface area contributed by atoms with Gasteiger partial charge in [0, 0.05) is 6.61 Å². The first-order valence-corrected chi connectivity index (χ1v) is 7.17. The Kier molecular flexibility index (Phi) is 12.7. The minimum absolute atomic E-state index is 0. The van der Waals surface area contributed by atoms with E-state index in [1.165, 1.54) is 25.7 Å². The van der Waals surface area contributed by atoms with Crippen LogP contribution in [0.25, 0.3) is 0 Å². The summed E-state index contributed by atoms with van der Waals surface area (Å²) in [5.41, 5.74) is 0. The first kappa shape index (κ1) is 13.7. The SMILES string of the molecule is C.CCCCCCO[SiH](C)C. The molecule has 0 radical (unpaired) electrons. The molecule has 70 valence electrons. The van der Waals surface area contributed by atoms with Gasteiger partial charge in [-0.1, -0.05) is 33.6 Å². The predicted molar refractivity (Wildman–Crippen MR) is 55.7 cm³/mol. The Balaban J connectivity index is 0. The molecule has 11 heavy (non-hydrogen) atoms. The molecule has 0 aromatic rings. The molecule has 0 unspecified atom stereocenters. The van der Waals surface area contributed by atoms with Gasteiger partial charge in [-0.05, 0) is 19.5 Å². The highest BCUT2D eigenvalue weighted by Crippen LogP contribution is 1.99. The van der Waals surface area contributed by atoms with Crippen LogP contribution >= 0.6 is 0 Å². The van der Waals surface area contributed by atoms with Crippen LogP contribution < -0.4 is 0 Å². The maximum Gasteiger partial charge on any atom is 0.170 e. The van der Waals surface area contributed by atoms with Crippen molar-refractivity contribution in [2.24, 2.45) is 0 Å². The Morgan fingerprint density at radius 1 is 1.09 bits per heavy atom. The number of hydrogen-bond acceptors (Lipinski definition) is 1. The molecular weight excluding hydrogens is 152 g/mol. The van der Waals surface area contributed by atoms with Gasteiger partial charge >= 0.3 is 0 Å². The van der Waals surface area contributed by atoms with Crippen LogP contribution in [-0.4, -0.2) is 15.6 Å². The van der Waals surface area contributed by atoms with Crippen molar-refractivity contribution in [1.29, 1.82) is 0 Å². The molecule has 0 heterocycles. The summed E-state index contributed by atoms with van der Waals surface area (Å²) in [6.07, 6.45) is 5.29. The molecule has 0 atom stereocenters. The zero-order valence-electron chi connectivity index (χ0n) is 7.52. The molecule has 0 aliphatic carbocycles. The third kappa shape index (κ3) is 13.2. The minimum atomic E-state index is -0.722. The maximum atomic E-state index is 5.53. The zero-order valence-corrected chi connectivity index (χ0v) is 8.68. The van der Waals surface area contributed by atoms with Gasteiger partial charge in [0.05, 0.1) is 0 Å². The van der Waals surface area contributed by atoms with Crippen LogP contribution in [0.2, 0.25) is 13.1 Å². The van der Waals surface area contributed by atoms with Crippen molar-refractivity contribution in [2.75, 3.05) is 6.61 Å². The molecule has 0 amide bonds. The number of rotatable bonds is 6. The predicted octanol–water partition coefficient (Wildman–Crippen LogP) is 3.20. The molecule has 0 aromatic heterocycles. The second-order valence-electron chi connectivity index (χ2n) is 2.98. The van der Waals surface area contributed by atoms with Crippen molar-refractivity contribution in [3.63, 3.8) is 0 Å². The molecule has 0 spiro atoms. The van der Waals surface area contributed by atoms with Crippen molar-refractivity contribution in [3.05, 3.63) is 0 Å². The normalized spacial score (nSPS) is 9.82. The summed E-state index contributed by atoms with van der Waals surface area (Å²) in [6.45, 7) is 7.68. The van der Waals surface area contributed by atoms with Crippen molar-refractivity contribution < 1.29 is 4.43 Å². The van der Waals surface area contributed by atoms with Crippen LogP contribution in [0.15, 0.2) is 0 Å². The highest BCUT2D eigenvalue weighted by atomic mass is 28.3. The summed E-state index contributed by atoms with van der Waals surface area (Å²) in [6, 6.07) is 0. The quantitative estimate of drug-likeness (QED) is 0.446. The van der Waals surface area contributed by atoms with Crippen LogP contribution in [0.1, 0.15) is 40.0 Å². The topological polar surface area (TPSA) is 9.23 Å². The standard InChI is InChI=1S/C8H20OSi.CH4/c1-4-5-6-7-8-9-10(2)3;/h10H,4-8H2,1-3H3;1H4. The van der Waals surface area contributed by atoms with E-state index in [0.29, 0.717) is 0 Å². The average Bonchev–Trinajstić information content (AvgIpc) is 1.87. The zero-order chi connectivity index (χ0) is 7.82. The van der Waals surface area contributed by atoms with Gasteiger partial charge < -0.3 is 4.43 Å². The molecule has 2 heteroatoms. The summed E-state index contributed by atoms with van der Waals surface area (Å²) in [5.74, 6) is 0. The van der Waals surface area contributed by atoms with E-state index in [0.717, 1.165) is 6.61 Å². The first-order chi connectivity index (χ1) is 4.77. The van der Waals surface area contributed by atoms with Crippen LogP contribution in [0.4, 0.5) is 0 Å². The Morgan fingerprint density at radius 2 is 1.73 bits per heavy atom. The molecule has 0 saturated carbocycles. The second kappa shape index (κ2) is 10.2. The van der Waals surface area contributed by atoms with E-state index < -0.39 is 9.04 Å². The van der Waals surface area contributed by atoms with E-state index in [-0.39, 0.29) is 7.43 Å². The molecule has 0 saturated heterocycles. The molecule has 0 N–H and O–H groups in total. The molecule has 0 rings (SSSR count). The van der Waals surface area contributed by atoms with Gasteiger partial charge in [0.1, 0.15) is 0 Å². The summed E-state index contributed by atoms with van der Waals surface area (Å²) in [5, 5.41) is 0. The van der Waals surface area contributed by atoms with Gasteiger partial charge in [0.2, 0.25) is 0 Å². The number of hydrogen-bond donors (Lipinski definition) is 0. The van der Waals surface area contributed by atoms with Gasteiger partial charge in [-0.25, -0.2) is 0 Å². The van der Waals surface area contributed by atoms with E-state index in [1.807, 2.05) is 0 Å². The lowest BCUT2D eigenvalue weighted by Crippen LogP contribution is -2.08. The molecule has 0 fully saturated rings. The molecule has 0 aromatic carbocycles. The molecule has 1 nitrogen and oxygen atoms in total. The van der Waals surface area contributed by atoms with E-state index in [1.54, 1.807) is 0 Å². The smallest absolute Gasteiger partial charge is 0.170 e. The van der Waals surface area contributed by atoms with Gasteiger partial charge in [0.25, 0.3) is 0 Å². The van der Waals surface area contributed by atoms with Gasteiger partial charge in [-0.15, -0.1) is 0 Å². The summed E-state index contributed by atoms with van der Waals surface area (Å²) in [7, 11) is -0.722. The lowest BCUT2D eigenvalue weighted by molar-refractivity contribution is 0.312. The van der Waals surface area contributed by atoms with E-state index in [4.69, 9.17) is 4.43 Å². The Bertz CT molecular complexity index is 64.6. The second-order valence-corrected chi connectivity index (χ2v) is 5.41. The molecule has 0 aliphatic heterocycles. The summed E-state index contributed by atoms with van der Waals surface area (Å²) in [4.78, 5) is 0. The monoisotopic (exact) mass is 176 g/mol. The largest absolute Gasteiger partial charge is 0.421 e. The minimum Gasteiger partial charge on any atom is -0.421 e. The third-order valence-electron chi connectivity index (χ3n) is 1.45. The first-order valence-electron chi connectivity index (χ1n) is 4.39. The van der Waals surface area contributed by atoms with Crippen LogP contribution in [0.3, 0.4) is 0 Å². The lowest BCUT2D eigenvalue weighted by Gasteiger charge is -2.04. The van der Waals surface area contributed by atoms with Gasteiger partial charge in [-0.2, -0.15) is 0 Å². The average molecular weight is 176 g/mol. The Labute approximate surface area is 73.9 Å². The highest BCUT2D eigenvalue weighted by molar-refractivity contribution is 6.48. The van der Waals surface area contributed by atoms with Gasteiger partial charge in [0.15, 0.2) is 9.04 Å². The van der Waals surface area contributed by atoms with E-state index in [2.05, 4.69) is 20.0 Å². The Hall–Kier alpha value is 0.177. The molecular formula is C9H24OSi. The van der Waals surface area contributed by atoms with Gasteiger partial charge in [-0.3, -0.25) is 0 Å². The van der Waals surface area contributed by atoms with Crippen molar-refractivity contribution in [1.82, 2.24) is 0 Å². The maximum absolute atomic E-state index is 5.53. The Morgan fingerprint density at radius 3 is 2.18 bits per heavy atom. The van der Waals surface area contributed by atoms with Crippen LogP contribution in [-0.2, 0) is 4.43 Å². The van der Waals surface area contributed by atoms with E-state index in [9.17, 15) is 0 Å². The summed E-state index contributed by atoms with van der Waals surface area (Å²) >= 11 is 0. The molecule has 0 bridgehead atoms.